The molecule has 0 aliphatic heterocycles. The van der Waals surface area contributed by atoms with E-state index in [4.69, 9.17) is 6.58 Å². The molecule has 0 bridgehead atoms. The quantitative estimate of drug-likeness (QED) is 0.537. The molecule has 48 valence electrons. The van der Waals surface area contributed by atoms with Gasteiger partial charge in [-0.1, -0.05) is 36.9 Å². The van der Waals surface area contributed by atoms with Crippen LogP contribution in [0.2, 0.25) is 0 Å². The van der Waals surface area contributed by atoms with Crippen molar-refractivity contribution in [2.75, 3.05) is 0 Å². The first-order valence-corrected chi connectivity index (χ1v) is 3.09. The number of benzene rings is 1. The second-order valence-electron chi connectivity index (χ2n) is 2.04. The summed E-state index contributed by atoms with van der Waals surface area (Å²) in [5.41, 5.74) is 1.76. The van der Waals surface area contributed by atoms with Gasteiger partial charge in [-0.25, -0.2) is 0 Å². The SMILES string of the molecule is [C]=CC(=C)c1ccccc1. The molecule has 0 saturated heterocycles. The molecule has 0 spiro atoms. The average Bonchev–Trinajstić information content (AvgIpc) is 2.05. The van der Waals surface area contributed by atoms with Crippen LogP contribution >= 0.6 is 0 Å². The molecule has 2 radical (unpaired) electrons. The molecule has 0 saturated carbocycles. The monoisotopic (exact) mass is 128 g/mol. The lowest BCUT2D eigenvalue weighted by molar-refractivity contribution is 1.63. The number of allylic oxidation sites excluding steroid dienone is 2. The van der Waals surface area contributed by atoms with Crippen molar-refractivity contribution in [2.24, 2.45) is 0 Å². The van der Waals surface area contributed by atoms with Crippen molar-refractivity contribution in [3.05, 3.63) is 55.1 Å². The highest BCUT2D eigenvalue weighted by Crippen LogP contribution is 2.10. The van der Waals surface area contributed by atoms with Gasteiger partial charge >= 0.3 is 0 Å². The summed E-state index contributed by atoms with van der Waals surface area (Å²) in [6.07, 6.45) is 1.26. The maximum absolute atomic E-state index is 6.92. The summed E-state index contributed by atoms with van der Waals surface area (Å²) < 4.78 is 0. The molecule has 0 aromatic heterocycles. The fourth-order valence-corrected chi connectivity index (χ4v) is 0.736. The van der Waals surface area contributed by atoms with E-state index in [0.717, 1.165) is 11.1 Å². The summed E-state index contributed by atoms with van der Waals surface area (Å²) >= 11 is 0. The van der Waals surface area contributed by atoms with Gasteiger partial charge in [-0.15, -0.1) is 0 Å². The third kappa shape index (κ3) is 1.35. The lowest BCUT2D eigenvalue weighted by atomic mass is 10.1. The normalized spacial score (nSPS) is 8.80. The standard InChI is InChI=1S/C10H8/c1-3-9(2)10-7-5-4-6-8-10/h3-8H,2H2. The van der Waals surface area contributed by atoms with Gasteiger partial charge in [-0.05, 0) is 23.8 Å². The first-order chi connectivity index (χ1) is 4.84. The number of hydrogen-bond acceptors (Lipinski definition) is 0. The molecule has 0 nitrogen and oxygen atoms in total. The Balaban J connectivity index is 2.95. The van der Waals surface area contributed by atoms with E-state index in [1.165, 1.54) is 6.08 Å². The van der Waals surface area contributed by atoms with Crippen molar-refractivity contribution in [1.82, 2.24) is 0 Å². The van der Waals surface area contributed by atoms with E-state index in [-0.39, 0.29) is 0 Å². The Kier molecular flexibility index (Phi) is 2.06. The van der Waals surface area contributed by atoms with Gasteiger partial charge in [0.25, 0.3) is 0 Å². The molecule has 0 N–H and O–H groups in total. The molecule has 1 aromatic carbocycles. The first kappa shape index (κ1) is 6.81. The molecule has 0 atom stereocenters. The molecular weight excluding hydrogens is 120 g/mol. The molecule has 0 aliphatic rings. The lowest BCUT2D eigenvalue weighted by Gasteiger charge is -1.96. The Morgan fingerprint density at radius 1 is 1.30 bits per heavy atom. The van der Waals surface area contributed by atoms with Gasteiger partial charge in [0.15, 0.2) is 0 Å². The largest absolute Gasteiger partial charge is 0.0911 e. The lowest BCUT2D eigenvalue weighted by Crippen LogP contribution is -1.74. The van der Waals surface area contributed by atoms with Crippen LogP contribution in [0.4, 0.5) is 0 Å². The van der Waals surface area contributed by atoms with E-state index in [0.29, 0.717) is 0 Å². The molecule has 1 aromatic rings. The Labute approximate surface area is 61.5 Å². The molecule has 10 heavy (non-hydrogen) atoms. The molecule has 0 fully saturated rings. The highest BCUT2D eigenvalue weighted by atomic mass is 13.9. The van der Waals surface area contributed by atoms with Crippen molar-refractivity contribution in [1.29, 1.82) is 0 Å². The molecule has 0 heterocycles. The summed E-state index contributed by atoms with van der Waals surface area (Å²) in [6.45, 7) is 10.6. The third-order valence-corrected chi connectivity index (χ3v) is 1.32. The van der Waals surface area contributed by atoms with Gasteiger partial charge in [0.2, 0.25) is 0 Å². The Bertz CT molecular complexity index is 231. The molecular formula is C10H8. The van der Waals surface area contributed by atoms with Gasteiger partial charge < -0.3 is 0 Å². The second-order valence-corrected chi connectivity index (χ2v) is 2.04. The van der Waals surface area contributed by atoms with Crippen LogP contribution in [-0.4, -0.2) is 0 Å². The maximum Gasteiger partial charge on any atom is -0.00926 e. The van der Waals surface area contributed by atoms with Crippen LogP contribution in [-0.2, 0) is 0 Å². The van der Waals surface area contributed by atoms with Crippen LogP contribution in [0.1, 0.15) is 5.56 Å². The summed E-state index contributed by atoms with van der Waals surface area (Å²) in [5, 5.41) is 0. The minimum absolute atomic E-state index is 0.751. The summed E-state index contributed by atoms with van der Waals surface area (Å²) in [6, 6.07) is 9.69. The van der Waals surface area contributed by atoms with Gasteiger partial charge in [-0.3, -0.25) is 0 Å². The average molecular weight is 128 g/mol. The smallest absolute Gasteiger partial charge is 0.00926 e. The molecule has 1 rings (SSSR count). The van der Waals surface area contributed by atoms with Crippen molar-refractivity contribution >= 4 is 5.57 Å². The van der Waals surface area contributed by atoms with Gasteiger partial charge in [0, 0.05) is 0 Å². The fraction of sp³-hybridized carbons (Fsp3) is 0. The van der Waals surface area contributed by atoms with Gasteiger partial charge in [0.1, 0.15) is 0 Å². The van der Waals surface area contributed by atoms with Crippen LogP contribution in [0.15, 0.2) is 43.0 Å². The van der Waals surface area contributed by atoms with E-state index in [2.05, 4.69) is 6.58 Å². The number of rotatable bonds is 2. The van der Waals surface area contributed by atoms with Crippen molar-refractivity contribution in [3.63, 3.8) is 0 Å². The van der Waals surface area contributed by atoms with Crippen LogP contribution in [0.3, 0.4) is 0 Å². The summed E-state index contributed by atoms with van der Waals surface area (Å²) in [7, 11) is 0. The van der Waals surface area contributed by atoms with E-state index < -0.39 is 0 Å². The fourth-order valence-electron chi connectivity index (χ4n) is 0.736. The van der Waals surface area contributed by atoms with E-state index in [1.807, 2.05) is 30.3 Å². The minimum atomic E-state index is 0.751. The predicted octanol–water partition coefficient (Wildman–Crippen LogP) is 2.57. The summed E-state index contributed by atoms with van der Waals surface area (Å²) in [5.74, 6) is 0. The highest BCUT2D eigenvalue weighted by molar-refractivity contribution is 5.70. The van der Waals surface area contributed by atoms with Gasteiger partial charge in [0.05, 0.1) is 0 Å². The van der Waals surface area contributed by atoms with Crippen LogP contribution in [0, 0.1) is 6.58 Å². The van der Waals surface area contributed by atoms with Crippen molar-refractivity contribution in [3.8, 4) is 0 Å². The first-order valence-electron chi connectivity index (χ1n) is 3.09. The molecule has 0 amide bonds. The highest BCUT2D eigenvalue weighted by Gasteiger charge is 1.89. The second kappa shape index (κ2) is 3.02. The van der Waals surface area contributed by atoms with E-state index in [9.17, 15) is 0 Å². The number of hydrogen-bond donors (Lipinski definition) is 0. The molecule has 0 heteroatoms. The van der Waals surface area contributed by atoms with Gasteiger partial charge in [-0.2, -0.15) is 0 Å². The Hall–Kier alpha value is -1.30. The zero-order chi connectivity index (χ0) is 7.40. The van der Waals surface area contributed by atoms with Crippen LogP contribution in [0.25, 0.3) is 5.57 Å². The minimum Gasteiger partial charge on any atom is -0.0911 e. The Morgan fingerprint density at radius 3 is 2.40 bits per heavy atom. The van der Waals surface area contributed by atoms with E-state index >= 15 is 0 Å². The third-order valence-electron chi connectivity index (χ3n) is 1.32. The van der Waals surface area contributed by atoms with Crippen molar-refractivity contribution in [2.45, 2.75) is 0 Å². The maximum atomic E-state index is 6.92. The summed E-state index contributed by atoms with van der Waals surface area (Å²) in [4.78, 5) is 0. The van der Waals surface area contributed by atoms with Crippen LogP contribution < -0.4 is 0 Å². The predicted molar refractivity (Wildman–Crippen MR) is 43.3 cm³/mol. The Morgan fingerprint density at radius 2 is 1.90 bits per heavy atom. The van der Waals surface area contributed by atoms with Crippen LogP contribution in [0.5, 0.6) is 0 Å². The zero-order valence-corrected chi connectivity index (χ0v) is 5.67. The molecule has 0 unspecified atom stereocenters. The molecule has 0 aliphatic carbocycles. The topological polar surface area (TPSA) is 0 Å². The van der Waals surface area contributed by atoms with E-state index in [1.54, 1.807) is 0 Å². The zero-order valence-electron chi connectivity index (χ0n) is 5.67. The van der Waals surface area contributed by atoms with Crippen molar-refractivity contribution < 1.29 is 0 Å².